The average Bonchev–Trinajstić information content (AvgIpc) is 2.41. The Balaban J connectivity index is 2.76. The highest BCUT2D eigenvalue weighted by Crippen LogP contribution is 2.27. The zero-order valence-corrected chi connectivity index (χ0v) is 11.3. The van der Waals surface area contributed by atoms with Crippen molar-refractivity contribution in [1.82, 2.24) is 0 Å². The molecule has 1 heterocycles. The highest BCUT2D eigenvalue weighted by molar-refractivity contribution is 6.29. The molecule has 6 heteroatoms. The minimum atomic E-state index is -0.922. The summed E-state index contributed by atoms with van der Waals surface area (Å²) in [6.07, 6.45) is 0.0873. The summed E-state index contributed by atoms with van der Waals surface area (Å²) in [5, 5.41) is 2.54. The lowest BCUT2D eigenvalue weighted by atomic mass is 10.1. The van der Waals surface area contributed by atoms with Gasteiger partial charge in [-0.3, -0.25) is 19.7 Å². The number of fused-ring (bicyclic) bond motifs is 1. The summed E-state index contributed by atoms with van der Waals surface area (Å²) in [6, 6.07) is 3.40. The second-order valence-electron chi connectivity index (χ2n) is 4.33. The quantitative estimate of drug-likeness (QED) is 0.678. The van der Waals surface area contributed by atoms with Crippen molar-refractivity contribution in [3.05, 3.63) is 33.5 Å². The van der Waals surface area contributed by atoms with Gasteiger partial charge in [0.1, 0.15) is 5.58 Å². The molecule has 1 amide bonds. The Morgan fingerprint density at radius 2 is 1.95 bits per heavy atom. The number of benzene rings is 1. The number of nitrogens with one attached hydrogen (secondary N) is 1. The van der Waals surface area contributed by atoms with Crippen LogP contribution < -0.4 is 15.5 Å². The van der Waals surface area contributed by atoms with Crippen LogP contribution in [0.15, 0.2) is 21.3 Å². The number of aldehydes is 1. The maximum absolute atomic E-state index is 12.3. The minimum Gasteiger partial charge on any atom is -0.488 e. The van der Waals surface area contributed by atoms with Crippen molar-refractivity contribution in [2.24, 2.45) is 0 Å². The summed E-state index contributed by atoms with van der Waals surface area (Å²) in [5.74, 6) is -1.24. The molecule has 0 aliphatic rings. The van der Waals surface area contributed by atoms with Crippen LogP contribution in [-0.4, -0.2) is 19.3 Å². The molecule has 1 aromatic carbocycles. The lowest BCUT2D eigenvalue weighted by Gasteiger charge is -2.09. The molecule has 0 spiro atoms. The van der Waals surface area contributed by atoms with E-state index in [1.165, 1.54) is 7.11 Å². The fraction of sp³-hybridized carbons (Fsp3) is 0.214. The Bertz CT molecular complexity index is 760. The molecule has 0 aliphatic heterocycles. The highest BCUT2D eigenvalue weighted by Gasteiger charge is 2.17. The Morgan fingerprint density at radius 3 is 2.55 bits per heavy atom. The second-order valence-corrected chi connectivity index (χ2v) is 4.33. The number of ether oxygens (including phenoxy) is 1. The van der Waals surface area contributed by atoms with E-state index in [0.717, 1.165) is 11.1 Å². The molecule has 20 heavy (non-hydrogen) atoms. The largest absolute Gasteiger partial charge is 0.488 e. The van der Waals surface area contributed by atoms with Crippen molar-refractivity contribution in [3.8, 4) is 5.75 Å². The van der Waals surface area contributed by atoms with E-state index in [1.54, 1.807) is 12.1 Å². The minimum absolute atomic E-state index is 0.0873. The van der Waals surface area contributed by atoms with Crippen molar-refractivity contribution in [2.75, 3.05) is 12.4 Å². The summed E-state index contributed by atoms with van der Waals surface area (Å²) in [7, 11) is 1.29. The molecule has 0 aliphatic carbocycles. The Labute approximate surface area is 114 Å². The van der Waals surface area contributed by atoms with Crippen molar-refractivity contribution >= 4 is 29.0 Å². The number of hydrogen-bond donors (Lipinski definition) is 1. The van der Waals surface area contributed by atoms with Gasteiger partial charge in [-0.2, -0.15) is 0 Å². The van der Waals surface area contributed by atoms with Crippen molar-refractivity contribution in [2.45, 2.75) is 13.8 Å². The van der Waals surface area contributed by atoms with E-state index in [-0.39, 0.29) is 17.9 Å². The number of anilines is 1. The van der Waals surface area contributed by atoms with Crippen LogP contribution in [0.3, 0.4) is 0 Å². The van der Waals surface area contributed by atoms with E-state index in [2.05, 4.69) is 5.32 Å². The number of methoxy groups -OCH3 is 1. The van der Waals surface area contributed by atoms with Gasteiger partial charge < -0.3 is 9.15 Å². The SMILES string of the molecule is COc1c(NC(=O)C=O)oc2cc(C)c(C)cc2c1=O. The molecule has 104 valence electrons. The van der Waals surface area contributed by atoms with Crippen LogP contribution >= 0.6 is 0 Å². The van der Waals surface area contributed by atoms with Crippen molar-refractivity contribution < 1.29 is 18.7 Å². The molecule has 1 N–H and O–H groups in total. The number of carbonyl (C=O) groups is 2. The maximum Gasteiger partial charge on any atom is 0.290 e. The summed E-state index contributed by atoms with van der Waals surface area (Å²) in [5.41, 5.74) is 1.80. The molecule has 0 radical (unpaired) electrons. The maximum atomic E-state index is 12.3. The smallest absolute Gasteiger partial charge is 0.290 e. The number of carbonyl (C=O) groups excluding carboxylic acids is 2. The van der Waals surface area contributed by atoms with Gasteiger partial charge in [0.2, 0.25) is 23.3 Å². The van der Waals surface area contributed by atoms with Gasteiger partial charge in [-0.1, -0.05) is 0 Å². The van der Waals surface area contributed by atoms with Gasteiger partial charge in [-0.05, 0) is 37.1 Å². The lowest BCUT2D eigenvalue weighted by Crippen LogP contribution is -2.16. The van der Waals surface area contributed by atoms with Gasteiger partial charge in [0.15, 0.2) is 0 Å². The summed E-state index contributed by atoms with van der Waals surface area (Å²) < 4.78 is 10.4. The lowest BCUT2D eigenvalue weighted by molar-refractivity contribution is -0.127. The average molecular weight is 275 g/mol. The summed E-state index contributed by atoms with van der Waals surface area (Å²) in [4.78, 5) is 33.8. The molecule has 0 saturated carbocycles. The van der Waals surface area contributed by atoms with Crippen LogP contribution in [0.2, 0.25) is 0 Å². The molecular weight excluding hydrogens is 262 g/mol. The first-order chi connectivity index (χ1) is 9.47. The zero-order valence-electron chi connectivity index (χ0n) is 11.3. The van der Waals surface area contributed by atoms with E-state index in [0.29, 0.717) is 11.0 Å². The first-order valence-corrected chi connectivity index (χ1v) is 5.86. The van der Waals surface area contributed by atoms with E-state index in [1.807, 2.05) is 13.8 Å². The third-order valence-electron chi connectivity index (χ3n) is 3.01. The second kappa shape index (κ2) is 5.16. The molecule has 0 saturated heterocycles. The summed E-state index contributed by atoms with van der Waals surface area (Å²) in [6.45, 7) is 3.76. The predicted molar refractivity (Wildman–Crippen MR) is 73.2 cm³/mol. The van der Waals surface area contributed by atoms with E-state index < -0.39 is 11.3 Å². The molecule has 0 atom stereocenters. The van der Waals surface area contributed by atoms with Crippen LogP contribution in [0.25, 0.3) is 11.0 Å². The standard InChI is InChI=1S/C14H13NO5/c1-7-4-9-10(5-8(7)2)20-14(15-11(17)6-16)13(19-3)12(9)18/h4-6H,1-3H3,(H,15,17). The van der Waals surface area contributed by atoms with Crippen LogP contribution in [0, 0.1) is 13.8 Å². The van der Waals surface area contributed by atoms with Crippen LogP contribution in [-0.2, 0) is 9.59 Å². The fourth-order valence-electron chi connectivity index (χ4n) is 1.84. The highest BCUT2D eigenvalue weighted by atomic mass is 16.5. The Morgan fingerprint density at radius 1 is 1.30 bits per heavy atom. The van der Waals surface area contributed by atoms with Crippen molar-refractivity contribution in [1.29, 1.82) is 0 Å². The number of hydrogen-bond acceptors (Lipinski definition) is 5. The van der Waals surface area contributed by atoms with E-state index in [4.69, 9.17) is 9.15 Å². The number of aryl methyl sites for hydroxylation is 2. The first-order valence-electron chi connectivity index (χ1n) is 5.86. The van der Waals surface area contributed by atoms with E-state index >= 15 is 0 Å². The first kappa shape index (κ1) is 13.8. The molecule has 0 bridgehead atoms. The number of rotatable bonds is 3. The van der Waals surface area contributed by atoms with Crippen LogP contribution in [0.5, 0.6) is 5.75 Å². The number of amides is 1. The normalized spacial score (nSPS) is 10.3. The van der Waals surface area contributed by atoms with Gasteiger partial charge in [0.25, 0.3) is 5.91 Å². The van der Waals surface area contributed by atoms with Crippen molar-refractivity contribution in [3.63, 3.8) is 0 Å². The summed E-state index contributed by atoms with van der Waals surface area (Å²) >= 11 is 0. The Kier molecular flexibility index (Phi) is 3.56. The van der Waals surface area contributed by atoms with Gasteiger partial charge in [-0.15, -0.1) is 0 Å². The molecular formula is C14H13NO5. The Hall–Kier alpha value is -2.63. The van der Waals surface area contributed by atoms with Gasteiger partial charge >= 0.3 is 0 Å². The molecule has 0 unspecified atom stereocenters. The molecule has 2 rings (SSSR count). The van der Waals surface area contributed by atoms with Gasteiger partial charge in [0, 0.05) is 0 Å². The molecule has 2 aromatic rings. The fourth-order valence-corrected chi connectivity index (χ4v) is 1.84. The molecule has 6 nitrogen and oxygen atoms in total. The third kappa shape index (κ3) is 2.27. The third-order valence-corrected chi connectivity index (χ3v) is 3.01. The monoisotopic (exact) mass is 275 g/mol. The van der Waals surface area contributed by atoms with Gasteiger partial charge in [-0.25, -0.2) is 0 Å². The topological polar surface area (TPSA) is 85.6 Å². The van der Waals surface area contributed by atoms with E-state index in [9.17, 15) is 14.4 Å². The van der Waals surface area contributed by atoms with Gasteiger partial charge in [0.05, 0.1) is 12.5 Å². The zero-order chi connectivity index (χ0) is 14.9. The molecule has 0 fully saturated rings. The molecule has 1 aromatic heterocycles. The predicted octanol–water partition coefficient (Wildman–Crippen LogP) is 1.56. The van der Waals surface area contributed by atoms with Crippen LogP contribution in [0.1, 0.15) is 11.1 Å². The van der Waals surface area contributed by atoms with Crippen LogP contribution in [0.4, 0.5) is 5.88 Å².